The van der Waals surface area contributed by atoms with E-state index in [0.29, 0.717) is 11.1 Å². The molecule has 0 aromatic heterocycles. The monoisotopic (exact) mass is 390 g/mol. The van der Waals surface area contributed by atoms with Crippen LogP contribution in [-0.2, 0) is 0 Å². The maximum atomic E-state index is 12.3. The number of rotatable bonds is 5. The van der Waals surface area contributed by atoms with Crippen molar-refractivity contribution in [3.05, 3.63) is 65.7 Å². The van der Waals surface area contributed by atoms with E-state index in [1.807, 2.05) is 4.90 Å². The molecular formula is C19H17F3N4O2. The molecule has 1 aliphatic rings. The van der Waals surface area contributed by atoms with Gasteiger partial charge in [-0.05, 0) is 60.2 Å². The molecule has 9 heteroatoms. The summed E-state index contributed by atoms with van der Waals surface area (Å²) in [5, 5.41) is 3.20. The van der Waals surface area contributed by atoms with Crippen molar-refractivity contribution < 1.29 is 22.7 Å². The van der Waals surface area contributed by atoms with E-state index in [9.17, 15) is 18.0 Å². The van der Waals surface area contributed by atoms with Crippen LogP contribution in [0.15, 0.2) is 59.6 Å². The quantitative estimate of drug-likeness (QED) is 0.820. The van der Waals surface area contributed by atoms with E-state index >= 15 is 0 Å². The first-order valence-corrected chi connectivity index (χ1v) is 8.22. The van der Waals surface area contributed by atoms with Crippen LogP contribution in [0.5, 0.6) is 5.75 Å². The van der Waals surface area contributed by atoms with Gasteiger partial charge in [0.15, 0.2) is 6.29 Å². The molecule has 28 heavy (non-hydrogen) atoms. The van der Waals surface area contributed by atoms with Gasteiger partial charge in [-0.1, -0.05) is 0 Å². The Morgan fingerprint density at radius 1 is 1.14 bits per heavy atom. The Morgan fingerprint density at radius 2 is 1.79 bits per heavy atom. The summed E-state index contributed by atoms with van der Waals surface area (Å²) in [7, 11) is 1.80. The first kappa shape index (κ1) is 19.3. The molecule has 2 aromatic rings. The number of ether oxygens (including phenoxy) is 1. The molecule has 0 radical (unpaired) electrons. The van der Waals surface area contributed by atoms with Gasteiger partial charge < -0.3 is 20.7 Å². The smallest absolute Gasteiger partial charge is 0.406 e. The molecule has 1 aliphatic heterocycles. The number of carbonyl (C=O) groups is 1. The lowest BCUT2D eigenvalue weighted by Crippen LogP contribution is -2.37. The number of hydrogen-bond acceptors (Lipinski definition) is 5. The molecular weight excluding hydrogens is 373 g/mol. The normalized spacial score (nSPS) is 16.5. The molecule has 0 aliphatic carbocycles. The number of nitrogens with one attached hydrogen (secondary N) is 1. The van der Waals surface area contributed by atoms with E-state index < -0.39 is 18.6 Å². The van der Waals surface area contributed by atoms with Crippen molar-refractivity contribution in [2.75, 3.05) is 12.4 Å². The maximum absolute atomic E-state index is 12.3. The molecule has 6 nitrogen and oxygen atoms in total. The van der Waals surface area contributed by atoms with Gasteiger partial charge in [-0.2, -0.15) is 0 Å². The van der Waals surface area contributed by atoms with Gasteiger partial charge in [0.05, 0.1) is 0 Å². The molecule has 3 N–H and O–H groups in total. The fraction of sp³-hybridized carbons (Fsp3) is 0.158. The standard InChI is InChI=1S/C19H17F3N4O2/c1-26-16(12-4-8-15(9-5-12)28-19(20,21)22)10-11-24-18(26)25-14-6-2-13(3-7-14)17(23)27/h2-11,18,25H,1H3,(H2,23,27). The Morgan fingerprint density at radius 3 is 2.36 bits per heavy atom. The molecule has 0 spiro atoms. The molecule has 1 amide bonds. The lowest BCUT2D eigenvalue weighted by molar-refractivity contribution is -0.274. The highest BCUT2D eigenvalue weighted by atomic mass is 19.4. The fourth-order valence-electron chi connectivity index (χ4n) is 2.69. The average Bonchev–Trinajstić information content (AvgIpc) is 2.63. The van der Waals surface area contributed by atoms with Gasteiger partial charge in [-0.3, -0.25) is 4.79 Å². The summed E-state index contributed by atoms with van der Waals surface area (Å²) in [4.78, 5) is 17.3. The summed E-state index contributed by atoms with van der Waals surface area (Å²) >= 11 is 0. The summed E-state index contributed by atoms with van der Waals surface area (Å²) in [6.07, 6.45) is -1.79. The third-order valence-electron chi connectivity index (χ3n) is 4.06. The topological polar surface area (TPSA) is 79.9 Å². The number of halogens is 3. The van der Waals surface area contributed by atoms with Gasteiger partial charge >= 0.3 is 6.36 Å². The van der Waals surface area contributed by atoms with Crippen LogP contribution < -0.4 is 15.8 Å². The molecule has 0 fully saturated rings. The van der Waals surface area contributed by atoms with E-state index in [1.54, 1.807) is 55.7 Å². The van der Waals surface area contributed by atoms with Crippen LogP contribution in [0.2, 0.25) is 0 Å². The number of carbonyl (C=O) groups excluding carboxylic acids is 1. The second-order valence-electron chi connectivity index (χ2n) is 5.99. The number of nitrogens with two attached hydrogens (primary N) is 1. The van der Waals surface area contributed by atoms with Crippen molar-refractivity contribution in [2.24, 2.45) is 10.7 Å². The van der Waals surface area contributed by atoms with Gasteiger partial charge in [0.1, 0.15) is 5.75 Å². The molecule has 3 rings (SSSR count). The van der Waals surface area contributed by atoms with Gasteiger partial charge in [0, 0.05) is 30.2 Å². The van der Waals surface area contributed by atoms with E-state index in [2.05, 4.69) is 15.0 Å². The number of hydrogen-bond donors (Lipinski definition) is 2. The van der Waals surface area contributed by atoms with Crippen molar-refractivity contribution in [3.8, 4) is 5.75 Å². The number of primary amides is 1. The lowest BCUT2D eigenvalue weighted by atomic mass is 10.1. The Kier molecular flexibility index (Phi) is 5.25. The molecule has 2 aromatic carbocycles. The lowest BCUT2D eigenvalue weighted by Gasteiger charge is -2.32. The fourth-order valence-corrected chi connectivity index (χ4v) is 2.69. The maximum Gasteiger partial charge on any atom is 0.573 e. The molecule has 0 bridgehead atoms. The predicted octanol–water partition coefficient (Wildman–Crippen LogP) is 3.44. The Labute approximate surface area is 159 Å². The third kappa shape index (κ3) is 4.61. The Bertz CT molecular complexity index is 906. The highest BCUT2D eigenvalue weighted by Gasteiger charge is 2.31. The minimum Gasteiger partial charge on any atom is -0.406 e. The van der Waals surface area contributed by atoms with Crippen molar-refractivity contribution in [1.29, 1.82) is 0 Å². The molecule has 146 valence electrons. The van der Waals surface area contributed by atoms with E-state index in [1.165, 1.54) is 12.1 Å². The number of alkyl halides is 3. The van der Waals surface area contributed by atoms with Crippen molar-refractivity contribution in [2.45, 2.75) is 12.7 Å². The number of anilines is 1. The van der Waals surface area contributed by atoms with Crippen LogP contribution in [-0.4, -0.2) is 36.7 Å². The van der Waals surface area contributed by atoms with Crippen LogP contribution in [0.1, 0.15) is 15.9 Å². The summed E-state index contributed by atoms with van der Waals surface area (Å²) in [5.74, 6) is -0.796. The van der Waals surface area contributed by atoms with E-state index in [-0.39, 0.29) is 5.75 Å². The predicted molar refractivity (Wildman–Crippen MR) is 99.7 cm³/mol. The molecule has 0 saturated carbocycles. The zero-order valence-corrected chi connectivity index (χ0v) is 14.8. The Hall–Kier alpha value is -3.49. The van der Waals surface area contributed by atoms with Crippen molar-refractivity contribution in [1.82, 2.24) is 4.90 Å². The largest absolute Gasteiger partial charge is 0.573 e. The Balaban J connectivity index is 1.71. The summed E-state index contributed by atoms with van der Waals surface area (Å²) in [6.45, 7) is 0. The van der Waals surface area contributed by atoms with E-state index in [4.69, 9.17) is 5.73 Å². The third-order valence-corrected chi connectivity index (χ3v) is 4.06. The molecule has 1 unspecified atom stereocenters. The van der Waals surface area contributed by atoms with E-state index in [0.717, 1.165) is 11.4 Å². The first-order valence-electron chi connectivity index (χ1n) is 8.22. The van der Waals surface area contributed by atoms with Gasteiger partial charge in [0.2, 0.25) is 5.91 Å². The summed E-state index contributed by atoms with van der Waals surface area (Å²) < 4.78 is 40.8. The van der Waals surface area contributed by atoms with Crippen LogP contribution in [0.3, 0.4) is 0 Å². The number of amides is 1. The zero-order valence-electron chi connectivity index (χ0n) is 14.8. The SMILES string of the molecule is CN1C(c2ccc(OC(F)(F)F)cc2)=CC=NC1Nc1ccc(C(N)=O)cc1. The second-order valence-corrected chi connectivity index (χ2v) is 5.99. The summed E-state index contributed by atoms with van der Waals surface area (Å²) in [6, 6.07) is 12.2. The number of allylic oxidation sites excluding steroid dienone is 1. The van der Waals surface area contributed by atoms with Crippen LogP contribution in [0, 0.1) is 0 Å². The zero-order chi connectivity index (χ0) is 20.3. The van der Waals surface area contributed by atoms with Gasteiger partial charge in [-0.25, -0.2) is 4.99 Å². The minimum atomic E-state index is -4.73. The number of benzene rings is 2. The highest BCUT2D eigenvalue weighted by Crippen LogP contribution is 2.28. The summed E-state index contributed by atoms with van der Waals surface area (Å²) in [5.41, 5.74) is 7.83. The van der Waals surface area contributed by atoms with Crippen molar-refractivity contribution >= 4 is 23.5 Å². The molecule has 0 saturated heterocycles. The second kappa shape index (κ2) is 7.63. The van der Waals surface area contributed by atoms with Crippen LogP contribution in [0.4, 0.5) is 18.9 Å². The van der Waals surface area contributed by atoms with Gasteiger partial charge in [0.25, 0.3) is 0 Å². The van der Waals surface area contributed by atoms with Crippen LogP contribution in [0.25, 0.3) is 5.70 Å². The molecule has 1 heterocycles. The van der Waals surface area contributed by atoms with Crippen LogP contribution >= 0.6 is 0 Å². The first-order chi connectivity index (χ1) is 13.2. The average molecular weight is 390 g/mol. The number of nitrogens with zero attached hydrogens (tertiary/aromatic N) is 2. The highest BCUT2D eigenvalue weighted by molar-refractivity contribution is 5.93. The molecule has 1 atom stereocenters. The number of aliphatic imine (C=N–C) groups is 1. The minimum absolute atomic E-state index is 0.284. The van der Waals surface area contributed by atoms with Crippen molar-refractivity contribution in [3.63, 3.8) is 0 Å². The van der Waals surface area contributed by atoms with Gasteiger partial charge in [-0.15, -0.1) is 13.2 Å².